The van der Waals surface area contributed by atoms with Crippen LogP contribution in [-0.4, -0.2) is 32.7 Å². The van der Waals surface area contributed by atoms with Gasteiger partial charge in [-0.05, 0) is 18.6 Å². The number of hydrogen-bond acceptors (Lipinski definition) is 5. The molecule has 2 aromatic rings. The lowest BCUT2D eigenvalue weighted by atomic mass is 10.2. The molecular formula is C18H15NO4S2. The molecule has 1 fully saturated rings. The van der Waals surface area contributed by atoms with Crippen LogP contribution in [0.5, 0.6) is 0 Å². The van der Waals surface area contributed by atoms with Crippen molar-refractivity contribution >= 4 is 46.3 Å². The van der Waals surface area contributed by atoms with Crippen LogP contribution in [0, 0.1) is 0 Å². The molecule has 1 aromatic carbocycles. The number of hydrogen-bond donors (Lipinski definition) is 1. The van der Waals surface area contributed by atoms with E-state index in [2.05, 4.69) is 0 Å². The van der Waals surface area contributed by atoms with Crippen LogP contribution in [0.1, 0.15) is 18.6 Å². The number of carboxylic acids is 1. The van der Waals surface area contributed by atoms with Crippen LogP contribution in [-0.2, 0) is 9.59 Å². The van der Waals surface area contributed by atoms with Gasteiger partial charge in [0.25, 0.3) is 5.91 Å². The second kappa shape index (κ2) is 7.67. The number of carboxylic acid groups (broad SMARTS) is 1. The first-order valence-corrected chi connectivity index (χ1v) is 8.89. The number of rotatable bonds is 6. The summed E-state index contributed by atoms with van der Waals surface area (Å²) in [7, 11) is 0. The fourth-order valence-electron chi connectivity index (χ4n) is 2.40. The van der Waals surface area contributed by atoms with Crippen molar-refractivity contribution in [3.05, 3.63) is 53.1 Å². The van der Waals surface area contributed by atoms with E-state index in [1.807, 2.05) is 36.4 Å². The molecule has 0 unspecified atom stereocenters. The molecular weight excluding hydrogens is 358 g/mol. The number of carbonyl (C=O) groups excluding carboxylic acids is 1. The Morgan fingerprint density at radius 2 is 2.00 bits per heavy atom. The van der Waals surface area contributed by atoms with Crippen molar-refractivity contribution in [3.63, 3.8) is 0 Å². The minimum atomic E-state index is -0.884. The van der Waals surface area contributed by atoms with Crippen LogP contribution in [0.25, 0.3) is 17.4 Å². The normalized spacial score (nSPS) is 16.0. The summed E-state index contributed by atoms with van der Waals surface area (Å²) < 4.78 is 6.22. The molecule has 1 N–H and O–H groups in total. The Bertz CT molecular complexity index is 842. The van der Waals surface area contributed by atoms with Gasteiger partial charge in [0.1, 0.15) is 15.8 Å². The van der Waals surface area contributed by atoms with Crippen molar-refractivity contribution in [2.24, 2.45) is 0 Å². The van der Waals surface area contributed by atoms with Gasteiger partial charge in [0.05, 0.1) is 4.91 Å². The monoisotopic (exact) mass is 373 g/mol. The van der Waals surface area contributed by atoms with Gasteiger partial charge < -0.3 is 9.52 Å². The van der Waals surface area contributed by atoms with Crippen molar-refractivity contribution in [3.8, 4) is 11.3 Å². The van der Waals surface area contributed by atoms with E-state index in [-0.39, 0.29) is 12.3 Å². The van der Waals surface area contributed by atoms with Crippen molar-refractivity contribution in [2.75, 3.05) is 6.54 Å². The van der Waals surface area contributed by atoms with Gasteiger partial charge >= 0.3 is 5.97 Å². The molecule has 0 bridgehead atoms. The number of amides is 1. The molecule has 3 rings (SSSR count). The van der Waals surface area contributed by atoms with Crippen LogP contribution in [0.4, 0.5) is 0 Å². The summed E-state index contributed by atoms with van der Waals surface area (Å²) in [5, 5.41) is 8.70. The average Bonchev–Trinajstić information content (AvgIpc) is 3.16. The standard InChI is InChI=1S/C18H15NO4S2/c20-16(21)7-4-10-19-17(22)15(25-18(19)24)11-13-8-9-14(23-13)12-5-2-1-3-6-12/h1-3,5-6,8-9,11H,4,7,10H2,(H,20,21). The largest absolute Gasteiger partial charge is 0.481 e. The van der Waals surface area contributed by atoms with Crippen molar-refractivity contribution in [1.29, 1.82) is 0 Å². The highest BCUT2D eigenvalue weighted by atomic mass is 32.2. The van der Waals surface area contributed by atoms with Crippen LogP contribution in [0.15, 0.2) is 51.8 Å². The third-order valence-electron chi connectivity index (χ3n) is 3.60. The first-order valence-electron chi connectivity index (χ1n) is 7.67. The molecule has 0 atom stereocenters. The maximum atomic E-state index is 12.4. The van der Waals surface area contributed by atoms with E-state index in [1.165, 1.54) is 16.7 Å². The predicted octanol–water partition coefficient (Wildman–Crippen LogP) is 4.01. The van der Waals surface area contributed by atoms with Gasteiger partial charge in [-0.25, -0.2) is 0 Å². The molecule has 0 saturated carbocycles. The Kier molecular flexibility index (Phi) is 5.35. The Morgan fingerprint density at radius 3 is 2.72 bits per heavy atom. The van der Waals surface area contributed by atoms with Gasteiger partial charge in [0.2, 0.25) is 0 Å². The quantitative estimate of drug-likeness (QED) is 0.609. The molecule has 0 spiro atoms. The van der Waals surface area contributed by atoms with Crippen LogP contribution < -0.4 is 0 Å². The van der Waals surface area contributed by atoms with E-state index >= 15 is 0 Å². The minimum Gasteiger partial charge on any atom is -0.481 e. The van der Waals surface area contributed by atoms with E-state index in [9.17, 15) is 9.59 Å². The predicted molar refractivity (Wildman–Crippen MR) is 101 cm³/mol. The molecule has 2 heterocycles. The molecule has 25 heavy (non-hydrogen) atoms. The molecule has 128 valence electrons. The first kappa shape index (κ1) is 17.4. The molecule has 1 saturated heterocycles. The van der Waals surface area contributed by atoms with Gasteiger partial charge in [-0.15, -0.1) is 0 Å². The van der Waals surface area contributed by atoms with Gasteiger partial charge in [-0.1, -0.05) is 54.3 Å². The zero-order chi connectivity index (χ0) is 17.8. The summed E-state index contributed by atoms with van der Waals surface area (Å²) in [6.45, 7) is 0.307. The maximum Gasteiger partial charge on any atom is 0.303 e. The molecule has 1 amide bonds. The zero-order valence-corrected chi connectivity index (χ0v) is 14.8. The molecule has 7 heteroatoms. The highest BCUT2D eigenvalue weighted by Gasteiger charge is 2.31. The van der Waals surface area contributed by atoms with E-state index in [1.54, 1.807) is 12.1 Å². The van der Waals surface area contributed by atoms with Gasteiger partial charge in [0.15, 0.2) is 0 Å². The number of furan rings is 1. The number of thiocarbonyl (C=S) groups is 1. The summed E-state index contributed by atoms with van der Waals surface area (Å²) in [6.07, 6.45) is 2.05. The first-order chi connectivity index (χ1) is 12.0. The summed E-state index contributed by atoms with van der Waals surface area (Å²) in [5.74, 6) is 0.205. The van der Waals surface area contributed by atoms with E-state index in [0.717, 1.165) is 11.3 Å². The van der Waals surface area contributed by atoms with E-state index < -0.39 is 5.97 Å². The number of thioether (sulfide) groups is 1. The number of carbonyl (C=O) groups is 2. The Morgan fingerprint density at radius 1 is 1.24 bits per heavy atom. The van der Waals surface area contributed by atoms with Crippen molar-refractivity contribution in [1.82, 2.24) is 4.90 Å². The fraction of sp³-hybridized carbons (Fsp3) is 0.167. The minimum absolute atomic E-state index is 0.00866. The smallest absolute Gasteiger partial charge is 0.303 e. The molecule has 0 radical (unpaired) electrons. The lowest BCUT2D eigenvalue weighted by Crippen LogP contribution is -2.29. The number of nitrogens with zero attached hydrogens (tertiary/aromatic N) is 1. The van der Waals surface area contributed by atoms with Gasteiger partial charge in [-0.2, -0.15) is 0 Å². The third-order valence-corrected chi connectivity index (χ3v) is 4.98. The number of benzene rings is 1. The van der Waals surface area contributed by atoms with Crippen LogP contribution >= 0.6 is 24.0 Å². The Hall–Kier alpha value is -2.38. The Labute approximate surface area is 154 Å². The summed E-state index contributed by atoms with van der Waals surface area (Å²) in [5.41, 5.74) is 0.961. The van der Waals surface area contributed by atoms with Crippen molar-refractivity contribution in [2.45, 2.75) is 12.8 Å². The van der Waals surface area contributed by atoms with Crippen molar-refractivity contribution < 1.29 is 19.1 Å². The summed E-state index contributed by atoms with van der Waals surface area (Å²) in [4.78, 5) is 24.9. The summed E-state index contributed by atoms with van der Waals surface area (Å²) in [6, 6.07) is 13.4. The lowest BCUT2D eigenvalue weighted by Gasteiger charge is -2.13. The van der Waals surface area contributed by atoms with Gasteiger partial charge in [-0.3, -0.25) is 14.5 Å². The SMILES string of the molecule is O=C(O)CCCN1C(=O)C(=Cc2ccc(-c3ccccc3)o2)SC1=S. The third kappa shape index (κ3) is 4.18. The van der Waals surface area contributed by atoms with Crippen LogP contribution in [0.2, 0.25) is 0 Å². The summed E-state index contributed by atoms with van der Waals surface area (Å²) >= 11 is 6.42. The Balaban J connectivity index is 1.72. The molecule has 0 aliphatic carbocycles. The van der Waals surface area contributed by atoms with Gasteiger partial charge in [0, 0.05) is 24.6 Å². The van der Waals surface area contributed by atoms with E-state index in [4.69, 9.17) is 21.7 Å². The molecule has 1 aliphatic rings. The second-order valence-electron chi connectivity index (χ2n) is 5.40. The topological polar surface area (TPSA) is 70.8 Å². The highest BCUT2D eigenvalue weighted by molar-refractivity contribution is 8.26. The maximum absolute atomic E-state index is 12.4. The average molecular weight is 373 g/mol. The van der Waals surface area contributed by atoms with Crippen LogP contribution in [0.3, 0.4) is 0 Å². The highest BCUT2D eigenvalue weighted by Crippen LogP contribution is 2.33. The molecule has 5 nitrogen and oxygen atoms in total. The molecule has 1 aromatic heterocycles. The zero-order valence-electron chi connectivity index (χ0n) is 13.2. The molecule has 1 aliphatic heterocycles. The lowest BCUT2D eigenvalue weighted by molar-refractivity contribution is -0.137. The second-order valence-corrected chi connectivity index (χ2v) is 7.07. The van der Waals surface area contributed by atoms with E-state index in [0.29, 0.717) is 28.0 Å². The fourth-order valence-corrected chi connectivity index (χ4v) is 3.69. The number of aliphatic carboxylic acids is 1.